The standard InChI is InChI=1S/C10H13NO.C2H6/c1-11-10-7-6-8-4-2-3-5-9(8)12-10;1-2/h2-5,10-11H,6-7H2,1H3;1-2H3. The maximum atomic E-state index is 5.67. The van der Waals surface area contributed by atoms with E-state index in [9.17, 15) is 0 Å². The van der Waals surface area contributed by atoms with E-state index >= 15 is 0 Å². The lowest BCUT2D eigenvalue weighted by Crippen LogP contribution is -2.34. The number of para-hydroxylation sites is 1. The lowest BCUT2D eigenvalue weighted by atomic mass is 10.1. The first-order valence-electron chi connectivity index (χ1n) is 5.32. The molecule has 1 aromatic rings. The van der Waals surface area contributed by atoms with Crippen molar-refractivity contribution in [2.45, 2.75) is 32.9 Å². The lowest BCUT2D eigenvalue weighted by molar-refractivity contribution is 0.147. The van der Waals surface area contributed by atoms with Gasteiger partial charge in [0, 0.05) is 6.42 Å². The summed E-state index contributed by atoms with van der Waals surface area (Å²) in [5.41, 5.74) is 1.32. The van der Waals surface area contributed by atoms with Crippen molar-refractivity contribution >= 4 is 0 Å². The molecule has 78 valence electrons. The average Bonchev–Trinajstić information content (AvgIpc) is 2.31. The molecule has 0 bridgehead atoms. The summed E-state index contributed by atoms with van der Waals surface area (Å²) < 4.78 is 5.67. The van der Waals surface area contributed by atoms with Crippen molar-refractivity contribution < 1.29 is 4.74 Å². The zero-order chi connectivity index (χ0) is 10.4. The molecule has 0 aromatic heterocycles. The summed E-state index contributed by atoms with van der Waals surface area (Å²) in [6.45, 7) is 4.00. The Morgan fingerprint density at radius 2 is 2.00 bits per heavy atom. The van der Waals surface area contributed by atoms with Gasteiger partial charge in [-0.05, 0) is 25.1 Å². The number of benzene rings is 1. The van der Waals surface area contributed by atoms with Crippen molar-refractivity contribution in [1.29, 1.82) is 0 Å². The molecule has 2 heteroatoms. The molecule has 1 heterocycles. The summed E-state index contributed by atoms with van der Waals surface area (Å²) in [7, 11) is 1.93. The highest BCUT2D eigenvalue weighted by Crippen LogP contribution is 2.25. The molecule has 1 aromatic carbocycles. The zero-order valence-corrected chi connectivity index (χ0v) is 9.21. The van der Waals surface area contributed by atoms with Crippen LogP contribution in [-0.2, 0) is 6.42 Å². The summed E-state index contributed by atoms with van der Waals surface area (Å²) in [5, 5.41) is 3.12. The Hall–Kier alpha value is -1.02. The first kappa shape index (κ1) is 11.1. The van der Waals surface area contributed by atoms with Gasteiger partial charge in [0.1, 0.15) is 12.0 Å². The molecule has 1 aliphatic heterocycles. The van der Waals surface area contributed by atoms with E-state index in [0.717, 1.165) is 18.6 Å². The summed E-state index contributed by atoms with van der Waals surface area (Å²) in [5.74, 6) is 1.03. The van der Waals surface area contributed by atoms with Crippen molar-refractivity contribution in [3.8, 4) is 5.75 Å². The molecule has 0 saturated carbocycles. The number of hydrogen-bond donors (Lipinski definition) is 1. The Morgan fingerprint density at radius 3 is 2.71 bits per heavy atom. The molecule has 2 rings (SSSR count). The zero-order valence-electron chi connectivity index (χ0n) is 9.21. The molecule has 14 heavy (non-hydrogen) atoms. The Morgan fingerprint density at radius 1 is 1.29 bits per heavy atom. The first-order valence-corrected chi connectivity index (χ1v) is 5.32. The first-order chi connectivity index (χ1) is 6.90. The van der Waals surface area contributed by atoms with E-state index in [0.29, 0.717) is 0 Å². The van der Waals surface area contributed by atoms with Crippen LogP contribution in [0.15, 0.2) is 24.3 Å². The lowest BCUT2D eigenvalue weighted by Gasteiger charge is -2.25. The number of rotatable bonds is 1. The molecule has 0 amide bonds. The van der Waals surface area contributed by atoms with E-state index in [1.165, 1.54) is 5.56 Å². The van der Waals surface area contributed by atoms with E-state index in [2.05, 4.69) is 17.4 Å². The minimum Gasteiger partial charge on any atom is -0.475 e. The normalized spacial score (nSPS) is 18.6. The van der Waals surface area contributed by atoms with E-state index in [4.69, 9.17) is 4.74 Å². The summed E-state index contributed by atoms with van der Waals surface area (Å²) in [6.07, 6.45) is 2.37. The third-order valence-corrected chi connectivity index (χ3v) is 2.24. The maximum Gasteiger partial charge on any atom is 0.150 e. The van der Waals surface area contributed by atoms with E-state index in [1.807, 2.05) is 33.0 Å². The van der Waals surface area contributed by atoms with E-state index < -0.39 is 0 Å². The SMILES string of the molecule is CC.CNC1CCc2ccccc2O1. The highest BCUT2D eigenvalue weighted by molar-refractivity contribution is 5.34. The molecule has 1 atom stereocenters. The van der Waals surface area contributed by atoms with Gasteiger partial charge in [0.2, 0.25) is 0 Å². The molecular weight excluding hydrogens is 174 g/mol. The molecule has 1 aliphatic rings. The van der Waals surface area contributed by atoms with Crippen LogP contribution in [0.25, 0.3) is 0 Å². The van der Waals surface area contributed by atoms with Crippen LogP contribution in [0.2, 0.25) is 0 Å². The molecule has 0 aliphatic carbocycles. The smallest absolute Gasteiger partial charge is 0.150 e. The molecule has 0 saturated heterocycles. The Kier molecular flexibility index (Phi) is 4.47. The molecule has 1 unspecified atom stereocenters. The average molecular weight is 193 g/mol. The van der Waals surface area contributed by atoms with Crippen LogP contribution in [0.1, 0.15) is 25.8 Å². The molecular formula is C12H19NO. The number of ether oxygens (including phenoxy) is 1. The van der Waals surface area contributed by atoms with Crippen LogP contribution in [0.4, 0.5) is 0 Å². The van der Waals surface area contributed by atoms with Gasteiger partial charge in [-0.15, -0.1) is 0 Å². The van der Waals surface area contributed by atoms with Crippen LogP contribution >= 0.6 is 0 Å². The van der Waals surface area contributed by atoms with Crippen molar-refractivity contribution in [2.24, 2.45) is 0 Å². The van der Waals surface area contributed by atoms with Crippen LogP contribution in [-0.4, -0.2) is 13.3 Å². The van der Waals surface area contributed by atoms with Gasteiger partial charge in [-0.25, -0.2) is 0 Å². The van der Waals surface area contributed by atoms with Gasteiger partial charge in [0.15, 0.2) is 0 Å². The van der Waals surface area contributed by atoms with Gasteiger partial charge in [0.25, 0.3) is 0 Å². The Labute approximate surface area is 86.3 Å². The minimum atomic E-state index is 0.194. The number of hydrogen-bond acceptors (Lipinski definition) is 2. The summed E-state index contributed by atoms with van der Waals surface area (Å²) in [6, 6.07) is 8.22. The Balaban J connectivity index is 0.000000461. The second-order valence-electron chi connectivity index (χ2n) is 3.04. The fraction of sp³-hybridized carbons (Fsp3) is 0.500. The minimum absolute atomic E-state index is 0.194. The highest BCUT2D eigenvalue weighted by atomic mass is 16.5. The van der Waals surface area contributed by atoms with Gasteiger partial charge in [-0.2, -0.15) is 0 Å². The van der Waals surface area contributed by atoms with Crippen molar-refractivity contribution in [3.05, 3.63) is 29.8 Å². The monoisotopic (exact) mass is 193 g/mol. The van der Waals surface area contributed by atoms with Crippen LogP contribution < -0.4 is 10.1 Å². The topological polar surface area (TPSA) is 21.3 Å². The van der Waals surface area contributed by atoms with Gasteiger partial charge in [-0.3, -0.25) is 5.32 Å². The predicted molar refractivity (Wildman–Crippen MR) is 59.6 cm³/mol. The van der Waals surface area contributed by atoms with Gasteiger partial charge in [0.05, 0.1) is 0 Å². The van der Waals surface area contributed by atoms with Crippen LogP contribution in [0.5, 0.6) is 5.75 Å². The van der Waals surface area contributed by atoms with Crippen LogP contribution in [0, 0.1) is 0 Å². The quantitative estimate of drug-likeness (QED) is 0.740. The number of aryl methyl sites for hydroxylation is 1. The number of nitrogens with one attached hydrogen (secondary N) is 1. The predicted octanol–water partition coefficient (Wildman–Crippen LogP) is 2.58. The summed E-state index contributed by atoms with van der Waals surface area (Å²) >= 11 is 0. The van der Waals surface area contributed by atoms with Crippen LogP contribution in [0.3, 0.4) is 0 Å². The van der Waals surface area contributed by atoms with Gasteiger partial charge in [-0.1, -0.05) is 32.0 Å². The maximum absolute atomic E-state index is 5.67. The van der Waals surface area contributed by atoms with E-state index in [-0.39, 0.29) is 6.23 Å². The third kappa shape index (κ3) is 2.48. The fourth-order valence-electron chi connectivity index (χ4n) is 1.53. The molecule has 2 nitrogen and oxygen atoms in total. The molecule has 0 radical (unpaired) electrons. The van der Waals surface area contributed by atoms with Crippen molar-refractivity contribution in [2.75, 3.05) is 7.05 Å². The molecule has 0 fully saturated rings. The van der Waals surface area contributed by atoms with Crippen molar-refractivity contribution in [3.63, 3.8) is 0 Å². The van der Waals surface area contributed by atoms with Gasteiger partial charge >= 0.3 is 0 Å². The third-order valence-electron chi connectivity index (χ3n) is 2.24. The van der Waals surface area contributed by atoms with Gasteiger partial charge < -0.3 is 4.74 Å². The van der Waals surface area contributed by atoms with E-state index in [1.54, 1.807) is 0 Å². The molecule has 1 N–H and O–H groups in total. The number of fused-ring (bicyclic) bond motifs is 1. The second kappa shape index (κ2) is 5.66. The van der Waals surface area contributed by atoms with Crippen molar-refractivity contribution in [1.82, 2.24) is 5.32 Å². The second-order valence-corrected chi connectivity index (χ2v) is 3.04. The Bertz CT molecular complexity index is 273. The molecule has 0 spiro atoms. The fourth-order valence-corrected chi connectivity index (χ4v) is 1.53. The summed E-state index contributed by atoms with van der Waals surface area (Å²) in [4.78, 5) is 0. The highest BCUT2D eigenvalue weighted by Gasteiger charge is 2.16. The largest absolute Gasteiger partial charge is 0.475 e.